The molecule has 1 aromatic carbocycles. The standard InChI is InChI=1S/C13H15ClFNO3/c1-3-19-12(17)6-7-16(2)13(18)10-8-9(14)4-5-11(10)15/h4-5,8H,3,6-7H2,1-2H3. The number of nitrogens with zero attached hydrogens (tertiary/aromatic N) is 1. The minimum atomic E-state index is -0.641. The minimum Gasteiger partial charge on any atom is -0.466 e. The van der Waals surface area contributed by atoms with E-state index < -0.39 is 17.7 Å². The van der Waals surface area contributed by atoms with Crippen LogP contribution in [0.2, 0.25) is 5.02 Å². The molecule has 0 N–H and O–H groups in total. The van der Waals surface area contributed by atoms with E-state index in [4.69, 9.17) is 16.3 Å². The highest BCUT2D eigenvalue weighted by atomic mass is 35.5. The van der Waals surface area contributed by atoms with Crippen LogP contribution in [0.3, 0.4) is 0 Å². The highest BCUT2D eigenvalue weighted by molar-refractivity contribution is 6.30. The summed E-state index contributed by atoms with van der Waals surface area (Å²) >= 11 is 5.72. The van der Waals surface area contributed by atoms with Gasteiger partial charge >= 0.3 is 5.97 Å². The van der Waals surface area contributed by atoms with Crippen molar-refractivity contribution in [2.75, 3.05) is 20.2 Å². The largest absolute Gasteiger partial charge is 0.466 e. The molecule has 6 heteroatoms. The van der Waals surface area contributed by atoms with Crippen molar-refractivity contribution in [3.8, 4) is 0 Å². The maximum Gasteiger partial charge on any atom is 0.307 e. The monoisotopic (exact) mass is 287 g/mol. The normalized spacial score (nSPS) is 10.1. The van der Waals surface area contributed by atoms with Crippen molar-refractivity contribution >= 4 is 23.5 Å². The fourth-order valence-electron chi connectivity index (χ4n) is 1.46. The summed E-state index contributed by atoms with van der Waals surface area (Å²) in [6.45, 7) is 2.15. The van der Waals surface area contributed by atoms with E-state index in [1.807, 2.05) is 0 Å². The van der Waals surface area contributed by atoms with Gasteiger partial charge in [-0.15, -0.1) is 0 Å². The fraction of sp³-hybridized carbons (Fsp3) is 0.385. The van der Waals surface area contributed by atoms with Gasteiger partial charge in [0.25, 0.3) is 5.91 Å². The van der Waals surface area contributed by atoms with Gasteiger partial charge in [-0.3, -0.25) is 9.59 Å². The third-order valence-corrected chi connectivity index (χ3v) is 2.70. The predicted octanol–water partition coefficient (Wildman–Crippen LogP) is 2.50. The summed E-state index contributed by atoms with van der Waals surface area (Å²) in [4.78, 5) is 24.4. The summed E-state index contributed by atoms with van der Waals surface area (Å²) in [5, 5.41) is 0.281. The van der Waals surface area contributed by atoms with Crippen LogP contribution >= 0.6 is 11.6 Å². The number of hydrogen-bond acceptors (Lipinski definition) is 3. The van der Waals surface area contributed by atoms with Crippen molar-refractivity contribution in [2.24, 2.45) is 0 Å². The van der Waals surface area contributed by atoms with Crippen LogP contribution in [0.5, 0.6) is 0 Å². The fourth-order valence-corrected chi connectivity index (χ4v) is 1.63. The van der Waals surface area contributed by atoms with Gasteiger partial charge < -0.3 is 9.64 Å². The van der Waals surface area contributed by atoms with E-state index in [1.54, 1.807) is 6.92 Å². The zero-order valence-electron chi connectivity index (χ0n) is 10.8. The van der Waals surface area contributed by atoms with Gasteiger partial charge in [-0.05, 0) is 25.1 Å². The second-order valence-electron chi connectivity index (χ2n) is 3.91. The first-order valence-corrected chi connectivity index (χ1v) is 6.19. The Morgan fingerprint density at radius 3 is 2.74 bits per heavy atom. The Kier molecular flexibility index (Phi) is 5.76. The molecule has 4 nitrogen and oxygen atoms in total. The number of carbonyl (C=O) groups is 2. The van der Waals surface area contributed by atoms with Crippen molar-refractivity contribution in [3.05, 3.63) is 34.6 Å². The first-order valence-electron chi connectivity index (χ1n) is 5.81. The molecule has 0 aromatic heterocycles. The van der Waals surface area contributed by atoms with Crippen LogP contribution in [0.15, 0.2) is 18.2 Å². The van der Waals surface area contributed by atoms with Crippen molar-refractivity contribution in [1.29, 1.82) is 0 Å². The van der Waals surface area contributed by atoms with E-state index in [0.29, 0.717) is 6.61 Å². The molecule has 0 heterocycles. The van der Waals surface area contributed by atoms with Crippen LogP contribution in [0.1, 0.15) is 23.7 Å². The summed E-state index contributed by atoms with van der Waals surface area (Å²) < 4.78 is 18.3. The lowest BCUT2D eigenvalue weighted by atomic mass is 10.2. The average molecular weight is 288 g/mol. The molecule has 104 valence electrons. The molecule has 0 radical (unpaired) electrons. The number of rotatable bonds is 5. The van der Waals surface area contributed by atoms with Crippen LogP contribution in [-0.2, 0) is 9.53 Å². The Balaban J connectivity index is 2.66. The second kappa shape index (κ2) is 7.09. The number of halogens is 2. The number of esters is 1. The van der Waals surface area contributed by atoms with Crippen LogP contribution in [0, 0.1) is 5.82 Å². The highest BCUT2D eigenvalue weighted by Crippen LogP contribution is 2.16. The van der Waals surface area contributed by atoms with E-state index in [9.17, 15) is 14.0 Å². The van der Waals surface area contributed by atoms with E-state index in [2.05, 4.69) is 0 Å². The van der Waals surface area contributed by atoms with Gasteiger partial charge in [0.05, 0.1) is 18.6 Å². The highest BCUT2D eigenvalue weighted by Gasteiger charge is 2.17. The Morgan fingerprint density at radius 2 is 2.11 bits per heavy atom. The molecule has 0 spiro atoms. The quantitative estimate of drug-likeness (QED) is 0.782. The third kappa shape index (κ3) is 4.52. The zero-order chi connectivity index (χ0) is 14.4. The summed E-state index contributed by atoms with van der Waals surface area (Å²) in [6, 6.07) is 3.77. The molecule has 1 rings (SSSR count). The number of hydrogen-bond donors (Lipinski definition) is 0. The average Bonchev–Trinajstić information content (AvgIpc) is 2.38. The lowest BCUT2D eigenvalue weighted by Crippen LogP contribution is -2.30. The summed E-state index contributed by atoms with van der Waals surface area (Å²) in [7, 11) is 1.49. The number of ether oxygens (including phenoxy) is 1. The summed E-state index contributed by atoms with van der Waals surface area (Å²) in [5.74, 6) is -1.56. The lowest BCUT2D eigenvalue weighted by Gasteiger charge is -2.17. The maximum absolute atomic E-state index is 13.5. The third-order valence-electron chi connectivity index (χ3n) is 2.46. The van der Waals surface area contributed by atoms with Gasteiger partial charge in [0, 0.05) is 18.6 Å². The smallest absolute Gasteiger partial charge is 0.307 e. The molecular formula is C13H15ClFNO3. The molecule has 0 fully saturated rings. The maximum atomic E-state index is 13.5. The Morgan fingerprint density at radius 1 is 1.42 bits per heavy atom. The number of benzene rings is 1. The van der Waals surface area contributed by atoms with E-state index in [1.165, 1.54) is 24.1 Å². The molecule has 1 aromatic rings. The van der Waals surface area contributed by atoms with E-state index in [0.717, 1.165) is 6.07 Å². The lowest BCUT2D eigenvalue weighted by molar-refractivity contribution is -0.143. The van der Waals surface area contributed by atoms with Crippen molar-refractivity contribution < 1.29 is 18.7 Å². The number of amides is 1. The summed E-state index contributed by atoms with van der Waals surface area (Å²) in [6.07, 6.45) is 0.0677. The van der Waals surface area contributed by atoms with Crippen LogP contribution in [0.25, 0.3) is 0 Å². The molecule has 1 amide bonds. The number of carbonyl (C=O) groups excluding carboxylic acids is 2. The first-order chi connectivity index (χ1) is 8.95. The molecule has 0 saturated heterocycles. The Labute approximate surface area is 116 Å². The molecular weight excluding hydrogens is 273 g/mol. The summed E-state index contributed by atoms with van der Waals surface area (Å²) in [5.41, 5.74) is -0.112. The van der Waals surface area contributed by atoms with Gasteiger partial charge in [-0.25, -0.2) is 4.39 Å². The topological polar surface area (TPSA) is 46.6 Å². The van der Waals surface area contributed by atoms with Crippen LogP contribution < -0.4 is 0 Å². The SMILES string of the molecule is CCOC(=O)CCN(C)C(=O)c1cc(Cl)ccc1F. The molecule has 0 atom stereocenters. The second-order valence-corrected chi connectivity index (χ2v) is 4.34. The van der Waals surface area contributed by atoms with Gasteiger partial charge in [-0.2, -0.15) is 0 Å². The van der Waals surface area contributed by atoms with Crippen molar-refractivity contribution in [2.45, 2.75) is 13.3 Å². The van der Waals surface area contributed by atoms with Crippen LogP contribution in [-0.4, -0.2) is 37.0 Å². The molecule has 0 unspecified atom stereocenters. The molecule has 0 bridgehead atoms. The van der Waals surface area contributed by atoms with Gasteiger partial charge in [0.15, 0.2) is 0 Å². The van der Waals surface area contributed by atoms with Gasteiger partial charge in [0.2, 0.25) is 0 Å². The zero-order valence-corrected chi connectivity index (χ0v) is 11.5. The van der Waals surface area contributed by atoms with Crippen molar-refractivity contribution in [3.63, 3.8) is 0 Å². The Hall–Kier alpha value is -1.62. The minimum absolute atomic E-state index is 0.0677. The molecule has 0 aliphatic heterocycles. The van der Waals surface area contributed by atoms with Gasteiger partial charge in [0.1, 0.15) is 5.82 Å². The Bertz CT molecular complexity index is 479. The van der Waals surface area contributed by atoms with Crippen LogP contribution in [0.4, 0.5) is 4.39 Å². The first kappa shape index (κ1) is 15.4. The molecule has 0 aliphatic carbocycles. The van der Waals surface area contributed by atoms with Crippen molar-refractivity contribution in [1.82, 2.24) is 4.90 Å². The predicted molar refractivity (Wildman–Crippen MR) is 69.6 cm³/mol. The molecule has 0 saturated carbocycles. The van der Waals surface area contributed by atoms with E-state index in [-0.39, 0.29) is 23.6 Å². The molecule has 19 heavy (non-hydrogen) atoms. The van der Waals surface area contributed by atoms with Gasteiger partial charge in [-0.1, -0.05) is 11.6 Å². The molecule has 0 aliphatic rings. The van der Waals surface area contributed by atoms with E-state index >= 15 is 0 Å².